The summed E-state index contributed by atoms with van der Waals surface area (Å²) in [4.78, 5) is 35.3. The molecular weight excluding hydrogens is 458 g/mol. The molecule has 2 amide bonds. The van der Waals surface area contributed by atoms with Crippen LogP contribution in [-0.4, -0.2) is 59.1 Å². The predicted molar refractivity (Wildman–Crippen MR) is 115 cm³/mol. The minimum atomic E-state index is -5.08. The fourth-order valence-electron chi connectivity index (χ4n) is 3.33. The lowest BCUT2D eigenvalue weighted by molar-refractivity contribution is -0.192. The maximum absolute atomic E-state index is 13.7. The number of carboxylic acids is 1. The number of carboxylic acid groups (broad SMARTS) is 1. The summed E-state index contributed by atoms with van der Waals surface area (Å²) in [5.41, 5.74) is 7.18. The molecule has 2 aromatic rings. The molecular formula is C23H25F4N3O4. The molecule has 1 heterocycles. The van der Waals surface area contributed by atoms with Gasteiger partial charge in [0.1, 0.15) is 5.82 Å². The van der Waals surface area contributed by atoms with Crippen LogP contribution in [-0.2, 0) is 16.0 Å². The highest BCUT2D eigenvalue weighted by Crippen LogP contribution is 2.15. The lowest BCUT2D eigenvalue weighted by atomic mass is 10.0. The second-order valence-corrected chi connectivity index (χ2v) is 7.73. The van der Waals surface area contributed by atoms with Gasteiger partial charge in [0.25, 0.3) is 5.91 Å². The van der Waals surface area contributed by atoms with Crippen molar-refractivity contribution in [1.82, 2.24) is 10.2 Å². The normalized spacial score (nSPS) is 16.3. The average Bonchev–Trinajstić information content (AvgIpc) is 3.24. The van der Waals surface area contributed by atoms with Crippen molar-refractivity contribution in [2.45, 2.75) is 37.5 Å². The second kappa shape index (κ2) is 12.1. The molecule has 2 aromatic carbocycles. The largest absolute Gasteiger partial charge is 0.490 e. The number of carbonyl (C=O) groups is 3. The van der Waals surface area contributed by atoms with Crippen LogP contribution in [0.2, 0.25) is 0 Å². The molecule has 7 nitrogen and oxygen atoms in total. The van der Waals surface area contributed by atoms with Crippen LogP contribution in [0.15, 0.2) is 54.6 Å². The van der Waals surface area contributed by atoms with Crippen molar-refractivity contribution in [3.63, 3.8) is 0 Å². The molecule has 0 bridgehead atoms. The first-order valence-electron chi connectivity index (χ1n) is 10.4. The quantitative estimate of drug-likeness (QED) is 0.547. The van der Waals surface area contributed by atoms with Gasteiger partial charge in [-0.3, -0.25) is 9.59 Å². The maximum atomic E-state index is 13.7. The van der Waals surface area contributed by atoms with Crippen LogP contribution < -0.4 is 11.1 Å². The first-order valence-corrected chi connectivity index (χ1v) is 10.4. The van der Waals surface area contributed by atoms with Crippen LogP contribution in [0, 0.1) is 5.82 Å². The van der Waals surface area contributed by atoms with Gasteiger partial charge < -0.3 is 21.1 Å². The number of carbonyl (C=O) groups excluding carboxylic acids is 2. The number of amides is 2. The standard InChI is InChI=1S/C21H24FN3O2.C2HF3O2/c22-19-9-5-4-8-16(19)12-17(23)13-20(26)25-11-10-18(14-25)24-21(27)15-6-2-1-3-7-15;3-2(4,5)1(6)7/h1-9,17-18H,10-14,23H2,(H,24,27);(H,6,7)/t17-,18+;/m1./s1. The van der Waals surface area contributed by atoms with Crippen molar-refractivity contribution in [2.24, 2.45) is 5.73 Å². The van der Waals surface area contributed by atoms with Gasteiger partial charge in [-0.15, -0.1) is 0 Å². The predicted octanol–water partition coefficient (Wildman–Crippen LogP) is 2.75. The molecule has 0 spiro atoms. The van der Waals surface area contributed by atoms with Crippen molar-refractivity contribution in [1.29, 1.82) is 0 Å². The molecule has 0 saturated carbocycles. The summed E-state index contributed by atoms with van der Waals surface area (Å²) in [7, 11) is 0. The third kappa shape index (κ3) is 8.47. The molecule has 1 aliphatic heterocycles. The molecule has 1 saturated heterocycles. The van der Waals surface area contributed by atoms with E-state index in [1.807, 2.05) is 18.2 Å². The Morgan fingerprint density at radius 1 is 1.09 bits per heavy atom. The lowest BCUT2D eigenvalue weighted by Gasteiger charge is -2.20. The number of rotatable bonds is 6. The molecule has 0 aliphatic carbocycles. The van der Waals surface area contributed by atoms with Gasteiger partial charge in [-0.2, -0.15) is 13.2 Å². The molecule has 4 N–H and O–H groups in total. The molecule has 34 heavy (non-hydrogen) atoms. The molecule has 0 aromatic heterocycles. The highest BCUT2D eigenvalue weighted by Gasteiger charge is 2.38. The van der Waals surface area contributed by atoms with Gasteiger partial charge in [-0.1, -0.05) is 36.4 Å². The number of hydrogen-bond acceptors (Lipinski definition) is 4. The van der Waals surface area contributed by atoms with E-state index in [2.05, 4.69) is 5.32 Å². The van der Waals surface area contributed by atoms with Crippen LogP contribution in [0.1, 0.15) is 28.8 Å². The number of aliphatic carboxylic acids is 1. The summed E-state index contributed by atoms with van der Waals surface area (Å²) in [6.07, 6.45) is -3.89. The number of hydrogen-bond donors (Lipinski definition) is 3. The van der Waals surface area contributed by atoms with Crippen LogP contribution in [0.5, 0.6) is 0 Å². The highest BCUT2D eigenvalue weighted by atomic mass is 19.4. The molecule has 0 radical (unpaired) electrons. The van der Waals surface area contributed by atoms with Crippen LogP contribution in [0.3, 0.4) is 0 Å². The summed E-state index contributed by atoms with van der Waals surface area (Å²) in [5.74, 6) is -3.25. The third-order valence-corrected chi connectivity index (χ3v) is 5.03. The number of likely N-dealkylation sites (tertiary alicyclic amines) is 1. The van der Waals surface area contributed by atoms with Crippen molar-refractivity contribution >= 4 is 17.8 Å². The van der Waals surface area contributed by atoms with E-state index in [0.717, 1.165) is 0 Å². The van der Waals surface area contributed by atoms with E-state index in [1.54, 1.807) is 35.2 Å². The van der Waals surface area contributed by atoms with E-state index < -0.39 is 18.2 Å². The summed E-state index contributed by atoms with van der Waals surface area (Å²) < 4.78 is 45.4. The van der Waals surface area contributed by atoms with Crippen LogP contribution >= 0.6 is 0 Å². The van der Waals surface area contributed by atoms with Gasteiger partial charge in [0.2, 0.25) is 5.91 Å². The van der Waals surface area contributed by atoms with Crippen molar-refractivity contribution in [3.05, 3.63) is 71.5 Å². The SMILES string of the molecule is N[C@@H](CC(=O)N1CC[C@H](NC(=O)c2ccccc2)C1)Cc1ccccc1F.O=C(O)C(F)(F)F. The smallest absolute Gasteiger partial charge is 0.475 e. The second-order valence-electron chi connectivity index (χ2n) is 7.73. The number of nitrogens with zero attached hydrogens (tertiary/aromatic N) is 1. The Morgan fingerprint density at radius 3 is 2.26 bits per heavy atom. The highest BCUT2D eigenvalue weighted by molar-refractivity contribution is 5.94. The Hall–Kier alpha value is -3.47. The minimum Gasteiger partial charge on any atom is -0.475 e. The summed E-state index contributed by atoms with van der Waals surface area (Å²) in [5, 5.41) is 10.1. The van der Waals surface area contributed by atoms with Gasteiger partial charge in [-0.05, 0) is 36.6 Å². The van der Waals surface area contributed by atoms with Crippen molar-refractivity contribution in [3.8, 4) is 0 Å². The number of benzene rings is 2. The fraction of sp³-hybridized carbons (Fsp3) is 0.348. The first kappa shape index (κ1) is 26.8. The van der Waals surface area contributed by atoms with E-state index >= 15 is 0 Å². The van der Waals surface area contributed by atoms with Crippen LogP contribution in [0.25, 0.3) is 0 Å². The first-order chi connectivity index (χ1) is 16.0. The summed E-state index contributed by atoms with van der Waals surface area (Å²) in [6.45, 7) is 1.06. The molecule has 0 unspecified atom stereocenters. The Labute approximate surface area is 193 Å². The summed E-state index contributed by atoms with van der Waals surface area (Å²) >= 11 is 0. The molecule has 2 atom stereocenters. The van der Waals surface area contributed by atoms with E-state index in [4.69, 9.17) is 15.6 Å². The Kier molecular flexibility index (Phi) is 9.55. The van der Waals surface area contributed by atoms with Crippen LogP contribution in [0.4, 0.5) is 17.6 Å². The van der Waals surface area contributed by atoms with E-state index in [0.29, 0.717) is 37.1 Å². The number of alkyl halides is 3. The number of nitrogens with one attached hydrogen (secondary N) is 1. The van der Waals surface area contributed by atoms with Crippen molar-refractivity contribution in [2.75, 3.05) is 13.1 Å². The van der Waals surface area contributed by atoms with E-state index in [9.17, 15) is 27.2 Å². The van der Waals surface area contributed by atoms with E-state index in [1.165, 1.54) is 6.07 Å². The zero-order chi connectivity index (χ0) is 25.3. The fourth-order valence-corrected chi connectivity index (χ4v) is 3.33. The zero-order valence-electron chi connectivity index (χ0n) is 18.1. The van der Waals surface area contributed by atoms with Gasteiger partial charge in [0.05, 0.1) is 0 Å². The van der Waals surface area contributed by atoms with Gasteiger partial charge in [0, 0.05) is 37.2 Å². The van der Waals surface area contributed by atoms with Crippen molar-refractivity contribution < 1.29 is 37.1 Å². The summed E-state index contributed by atoms with van der Waals surface area (Å²) in [6, 6.07) is 15.0. The number of nitrogens with two attached hydrogens (primary N) is 1. The molecule has 3 rings (SSSR count). The molecule has 184 valence electrons. The minimum absolute atomic E-state index is 0.0599. The lowest BCUT2D eigenvalue weighted by Crippen LogP contribution is -2.40. The monoisotopic (exact) mass is 483 g/mol. The zero-order valence-corrected chi connectivity index (χ0v) is 18.1. The van der Waals surface area contributed by atoms with E-state index in [-0.39, 0.29) is 30.1 Å². The van der Waals surface area contributed by atoms with Gasteiger partial charge in [-0.25, -0.2) is 9.18 Å². The molecule has 1 aliphatic rings. The average molecular weight is 483 g/mol. The van der Waals surface area contributed by atoms with Gasteiger partial charge >= 0.3 is 12.1 Å². The Morgan fingerprint density at radius 2 is 1.68 bits per heavy atom. The Bertz CT molecular complexity index is 986. The van der Waals surface area contributed by atoms with Gasteiger partial charge in [0.15, 0.2) is 0 Å². The Balaban J connectivity index is 0.000000509. The molecule has 1 fully saturated rings. The maximum Gasteiger partial charge on any atom is 0.490 e. The number of halogens is 4. The topological polar surface area (TPSA) is 113 Å². The molecule has 11 heteroatoms. The third-order valence-electron chi connectivity index (χ3n) is 5.03.